The Morgan fingerprint density at radius 3 is 2.45 bits per heavy atom. The van der Waals surface area contributed by atoms with Crippen molar-refractivity contribution in [3.63, 3.8) is 0 Å². The topological polar surface area (TPSA) is 9.23 Å². The molecular formula is C19H26O. The Kier molecular flexibility index (Phi) is 7.67. The molecule has 20 heavy (non-hydrogen) atoms. The summed E-state index contributed by atoms with van der Waals surface area (Å²) in [7, 11) is 0. The molecule has 1 heteroatoms. The molecule has 0 N–H and O–H groups in total. The third-order valence-corrected chi connectivity index (χ3v) is 3.10. The summed E-state index contributed by atoms with van der Waals surface area (Å²) in [6, 6.07) is 10.2. The molecule has 0 radical (unpaired) electrons. The van der Waals surface area contributed by atoms with Crippen molar-refractivity contribution < 1.29 is 4.74 Å². The SMILES string of the molecule is C=C(COC/C=C(\C)CCC=C(C)C)c1ccccc1. The van der Waals surface area contributed by atoms with Gasteiger partial charge in [0.25, 0.3) is 0 Å². The zero-order valence-corrected chi connectivity index (χ0v) is 13.0. The second-order valence-electron chi connectivity index (χ2n) is 5.36. The minimum absolute atomic E-state index is 0.585. The van der Waals surface area contributed by atoms with Crippen LogP contribution in [-0.4, -0.2) is 13.2 Å². The molecule has 1 nitrogen and oxygen atoms in total. The lowest BCUT2D eigenvalue weighted by Crippen LogP contribution is -1.97. The Labute approximate surface area is 123 Å². The molecule has 0 aliphatic carbocycles. The molecule has 0 unspecified atom stereocenters. The van der Waals surface area contributed by atoms with E-state index in [1.165, 1.54) is 11.1 Å². The number of hydrogen-bond acceptors (Lipinski definition) is 1. The van der Waals surface area contributed by atoms with Gasteiger partial charge in [-0.3, -0.25) is 0 Å². The van der Waals surface area contributed by atoms with E-state index in [-0.39, 0.29) is 0 Å². The van der Waals surface area contributed by atoms with Crippen LogP contribution in [0.3, 0.4) is 0 Å². The van der Waals surface area contributed by atoms with Gasteiger partial charge in [-0.2, -0.15) is 0 Å². The third-order valence-electron chi connectivity index (χ3n) is 3.10. The first kappa shape index (κ1) is 16.5. The van der Waals surface area contributed by atoms with Gasteiger partial charge < -0.3 is 4.74 Å². The molecule has 0 amide bonds. The molecule has 0 spiro atoms. The van der Waals surface area contributed by atoms with Gasteiger partial charge >= 0.3 is 0 Å². The number of allylic oxidation sites excluding steroid dienone is 3. The maximum absolute atomic E-state index is 5.66. The van der Waals surface area contributed by atoms with Crippen molar-refractivity contribution in [2.24, 2.45) is 0 Å². The first-order chi connectivity index (χ1) is 9.59. The Bertz CT molecular complexity index is 462. The third kappa shape index (κ3) is 7.10. The first-order valence-electron chi connectivity index (χ1n) is 7.19. The van der Waals surface area contributed by atoms with Crippen molar-refractivity contribution in [3.8, 4) is 0 Å². The van der Waals surface area contributed by atoms with Crippen LogP contribution in [-0.2, 0) is 4.74 Å². The summed E-state index contributed by atoms with van der Waals surface area (Å²) in [6.07, 6.45) is 6.65. The highest BCUT2D eigenvalue weighted by atomic mass is 16.5. The standard InChI is InChI=1S/C19H26O/c1-16(2)9-8-10-17(3)13-14-20-15-18(4)19-11-6-5-7-12-19/h5-7,9,11-13H,4,8,10,14-15H2,1-3H3/b17-13+. The lowest BCUT2D eigenvalue weighted by molar-refractivity contribution is 0.199. The van der Waals surface area contributed by atoms with E-state index in [1.54, 1.807) is 0 Å². The van der Waals surface area contributed by atoms with Gasteiger partial charge in [0, 0.05) is 0 Å². The van der Waals surface area contributed by atoms with Crippen LogP contribution in [0.4, 0.5) is 0 Å². The molecule has 0 fully saturated rings. The number of hydrogen-bond donors (Lipinski definition) is 0. The van der Waals surface area contributed by atoms with Gasteiger partial charge in [0.15, 0.2) is 0 Å². The average Bonchev–Trinajstić information content (AvgIpc) is 2.44. The molecule has 0 bridgehead atoms. The number of benzene rings is 1. The van der Waals surface area contributed by atoms with Gasteiger partial charge in [-0.25, -0.2) is 0 Å². The molecule has 1 rings (SSSR count). The molecule has 108 valence electrons. The predicted octanol–water partition coefficient (Wildman–Crippen LogP) is 5.41. The van der Waals surface area contributed by atoms with E-state index >= 15 is 0 Å². The highest BCUT2D eigenvalue weighted by Gasteiger charge is 1.97. The summed E-state index contributed by atoms with van der Waals surface area (Å²) in [5.74, 6) is 0. The monoisotopic (exact) mass is 270 g/mol. The molecule has 1 aromatic rings. The summed E-state index contributed by atoms with van der Waals surface area (Å²) < 4.78 is 5.66. The molecule has 0 aromatic heterocycles. The van der Waals surface area contributed by atoms with Gasteiger partial charge in [0.05, 0.1) is 13.2 Å². The summed E-state index contributed by atoms with van der Waals surface area (Å²) in [6.45, 7) is 11.7. The largest absolute Gasteiger partial charge is 0.373 e. The van der Waals surface area contributed by atoms with Gasteiger partial charge in [0.1, 0.15) is 0 Å². The maximum atomic E-state index is 5.66. The minimum Gasteiger partial charge on any atom is -0.373 e. The predicted molar refractivity (Wildman–Crippen MR) is 88.7 cm³/mol. The highest BCUT2D eigenvalue weighted by molar-refractivity contribution is 5.63. The van der Waals surface area contributed by atoms with Crippen LogP contribution in [0.5, 0.6) is 0 Å². The average molecular weight is 270 g/mol. The first-order valence-corrected chi connectivity index (χ1v) is 7.19. The van der Waals surface area contributed by atoms with E-state index in [1.807, 2.05) is 18.2 Å². The number of rotatable bonds is 8. The van der Waals surface area contributed by atoms with E-state index in [4.69, 9.17) is 4.74 Å². The van der Waals surface area contributed by atoms with Crippen LogP contribution in [0.1, 0.15) is 39.2 Å². The Morgan fingerprint density at radius 1 is 1.10 bits per heavy atom. The fourth-order valence-corrected chi connectivity index (χ4v) is 1.83. The molecule has 0 saturated heterocycles. The summed E-state index contributed by atoms with van der Waals surface area (Å²) >= 11 is 0. The quantitative estimate of drug-likeness (QED) is 0.453. The van der Waals surface area contributed by atoms with Crippen LogP contribution in [0.15, 0.2) is 60.2 Å². The fourth-order valence-electron chi connectivity index (χ4n) is 1.83. The fraction of sp³-hybridized carbons (Fsp3) is 0.368. The molecule has 0 aliphatic heterocycles. The van der Waals surface area contributed by atoms with E-state index < -0.39 is 0 Å². The van der Waals surface area contributed by atoms with Gasteiger partial charge in [-0.1, -0.05) is 60.2 Å². The molecule has 0 saturated carbocycles. The van der Waals surface area contributed by atoms with Crippen molar-refractivity contribution in [1.82, 2.24) is 0 Å². The molecule has 0 atom stereocenters. The minimum atomic E-state index is 0.585. The Balaban J connectivity index is 2.24. The lowest BCUT2D eigenvalue weighted by Gasteiger charge is -2.06. The molecule has 0 heterocycles. The van der Waals surface area contributed by atoms with E-state index in [0.717, 1.165) is 24.0 Å². The van der Waals surface area contributed by atoms with Gasteiger partial charge in [0.2, 0.25) is 0 Å². The normalized spacial score (nSPS) is 11.2. The second-order valence-corrected chi connectivity index (χ2v) is 5.36. The van der Waals surface area contributed by atoms with E-state index in [9.17, 15) is 0 Å². The van der Waals surface area contributed by atoms with Gasteiger partial charge in [-0.05, 0) is 44.7 Å². The smallest absolute Gasteiger partial charge is 0.0721 e. The van der Waals surface area contributed by atoms with Crippen LogP contribution >= 0.6 is 0 Å². The van der Waals surface area contributed by atoms with Crippen molar-refractivity contribution in [2.75, 3.05) is 13.2 Å². The van der Waals surface area contributed by atoms with Crippen LogP contribution < -0.4 is 0 Å². The molecule has 1 aromatic carbocycles. The van der Waals surface area contributed by atoms with E-state index in [0.29, 0.717) is 13.2 Å². The summed E-state index contributed by atoms with van der Waals surface area (Å²) in [5, 5.41) is 0. The highest BCUT2D eigenvalue weighted by Crippen LogP contribution is 2.12. The zero-order chi connectivity index (χ0) is 14.8. The second kappa shape index (κ2) is 9.33. The van der Waals surface area contributed by atoms with E-state index in [2.05, 4.69) is 51.6 Å². The van der Waals surface area contributed by atoms with Crippen molar-refractivity contribution in [1.29, 1.82) is 0 Å². The van der Waals surface area contributed by atoms with Crippen molar-refractivity contribution in [2.45, 2.75) is 33.6 Å². The van der Waals surface area contributed by atoms with Crippen LogP contribution in [0, 0.1) is 0 Å². The summed E-state index contributed by atoms with van der Waals surface area (Å²) in [5.41, 5.74) is 4.94. The maximum Gasteiger partial charge on any atom is 0.0721 e. The van der Waals surface area contributed by atoms with Crippen LogP contribution in [0.2, 0.25) is 0 Å². The zero-order valence-electron chi connectivity index (χ0n) is 13.0. The van der Waals surface area contributed by atoms with Crippen molar-refractivity contribution in [3.05, 3.63) is 65.8 Å². The van der Waals surface area contributed by atoms with Crippen LogP contribution in [0.25, 0.3) is 5.57 Å². The molecule has 0 aliphatic rings. The Hall–Kier alpha value is -1.60. The van der Waals surface area contributed by atoms with Crippen molar-refractivity contribution >= 4 is 5.57 Å². The Morgan fingerprint density at radius 2 is 1.80 bits per heavy atom. The summed E-state index contributed by atoms with van der Waals surface area (Å²) in [4.78, 5) is 0. The number of ether oxygens (including phenoxy) is 1. The molecular weight excluding hydrogens is 244 g/mol. The lowest BCUT2D eigenvalue weighted by atomic mass is 10.1. The van der Waals surface area contributed by atoms with Gasteiger partial charge in [-0.15, -0.1) is 0 Å².